The number of rotatable bonds is 5. The summed E-state index contributed by atoms with van der Waals surface area (Å²) >= 11 is 0. The van der Waals surface area contributed by atoms with E-state index in [-0.39, 0.29) is 41.8 Å². The Bertz CT molecular complexity index is 707. The van der Waals surface area contributed by atoms with Crippen molar-refractivity contribution in [1.82, 2.24) is 15.2 Å². The lowest BCUT2D eigenvalue weighted by Gasteiger charge is -2.22. The smallest absolute Gasteiger partial charge is 0.310 e. The zero-order valence-electron chi connectivity index (χ0n) is 18.5. The van der Waals surface area contributed by atoms with E-state index in [1.165, 1.54) is 32.8 Å². The van der Waals surface area contributed by atoms with Crippen molar-refractivity contribution in [1.29, 1.82) is 0 Å². The highest BCUT2D eigenvalue weighted by molar-refractivity contribution is 14.0. The predicted octanol–water partition coefficient (Wildman–Crippen LogP) is 3.29. The fourth-order valence-corrected chi connectivity index (χ4v) is 4.22. The van der Waals surface area contributed by atoms with Crippen LogP contribution in [-0.4, -0.2) is 61.6 Å². The Morgan fingerprint density at radius 3 is 2.67 bits per heavy atom. The summed E-state index contributed by atoms with van der Waals surface area (Å²) in [7, 11) is 1.46. The molecule has 2 unspecified atom stereocenters. The van der Waals surface area contributed by atoms with Crippen LogP contribution < -0.4 is 10.2 Å². The van der Waals surface area contributed by atoms with Crippen LogP contribution >= 0.6 is 24.0 Å². The van der Waals surface area contributed by atoms with Gasteiger partial charge in [0.2, 0.25) is 0 Å². The number of carbonyl (C=O) groups excluding carboxylic acids is 1. The van der Waals surface area contributed by atoms with E-state index in [4.69, 9.17) is 9.73 Å². The van der Waals surface area contributed by atoms with Crippen molar-refractivity contribution in [3.63, 3.8) is 0 Å². The lowest BCUT2D eigenvalue weighted by Crippen LogP contribution is -2.40. The summed E-state index contributed by atoms with van der Waals surface area (Å²) in [4.78, 5) is 26.0. The second-order valence-corrected chi connectivity index (χ2v) is 8.11. The first-order chi connectivity index (χ1) is 14.1. The van der Waals surface area contributed by atoms with E-state index >= 15 is 0 Å². The molecule has 3 heterocycles. The topological polar surface area (TPSA) is 70.1 Å². The van der Waals surface area contributed by atoms with Gasteiger partial charge in [-0.25, -0.2) is 9.98 Å². The summed E-state index contributed by atoms with van der Waals surface area (Å²) < 4.78 is 4.96. The molecule has 7 nitrogen and oxygen atoms in total. The largest absolute Gasteiger partial charge is 0.469 e. The average Bonchev–Trinajstić information content (AvgIpc) is 2.94. The fraction of sp³-hybridized carbons (Fsp3) is 0.682. The van der Waals surface area contributed by atoms with Crippen LogP contribution in [0.25, 0.3) is 0 Å². The lowest BCUT2D eigenvalue weighted by molar-refractivity contribution is -0.145. The number of hydrogen-bond donors (Lipinski definition) is 1. The van der Waals surface area contributed by atoms with Crippen LogP contribution in [0.1, 0.15) is 45.1 Å². The Kier molecular flexibility index (Phi) is 10.1. The minimum absolute atomic E-state index is 0. The number of carbonyl (C=O) groups is 1. The van der Waals surface area contributed by atoms with Crippen molar-refractivity contribution in [2.45, 2.75) is 46.1 Å². The van der Waals surface area contributed by atoms with Gasteiger partial charge in [-0.05, 0) is 43.4 Å². The summed E-state index contributed by atoms with van der Waals surface area (Å²) in [5.41, 5.74) is 1.16. The van der Waals surface area contributed by atoms with E-state index in [0.29, 0.717) is 13.1 Å². The Hall–Kier alpha value is -1.58. The molecule has 1 aromatic rings. The summed E-state index contributed by atoms with van der Waals surface area (Å²) in [5.74, 6) is 1.94. The highest BCUT2D eigenvalue weighted by Crippen LogP contribution is 2.24. The van der Waals surface area contributed by atoms with Gasteiger partial charge in [-0.1, -0.05) is 19.8 Å². The average molecular weight is 529 g/mol. The lowest BCUT2D eigenvalue weighted by atomic mass is 9.99. The zero-order chi connectivity index (χ0) is 20.6. The van der Waals surface area contributed by atoms with Gasteiger partial charge < -0.3 is 19.9 Å². The van der Waals surface area contributed by atoms with Crippen LogP contribution in [0, 0.1) is 11.8 Å². The molecule has 0 bridgehead atoms. The minimum Gasteiger partial charge on any atom is -0.469 e. The zero-order valence-corrected chi connectivity index (χ0v) is 20.8. The van der Waals surface area contributed by atoms with Crippen molar-refractivity contribution in [2.75, 3.05) is 44.7 Å². The first-order valence-electron chi connectivity index (χ1n) is 10.9. The highest BCUT2D eigenvalue weighted by atomic mass is 127. The van der Waals surface area contributed by atoms with Crippen molar-refractivity contribution >= 4 is 41.7 Å². The normalized spacial score (nSPS) is 22.3. The minimum atomic E-state index is -0.132. The molecule has 0 aliphatic carbocycles. The molecule has 1 aromatic heterocycles. The number of aliphatic imine (C=N–C) groups is 1. The number of ether oxygens (including phenoxy) is 1. The van der Waals surface area contributed by atoms with E-state index in [2.05, 4.69) is 40.0 Å². The summed E-state index contributed by atoms with van der Waals surface area (Å²) in [6.07, 6.45) is 7.00. The molecule has 0 amide bonds. The molecular formula is C22H36IN5O2. The number of pyridine rings is 1. The van der Waals surface area contributed by atoms with Crippen molar-refractivity contribution < 1.29 is 9.53 Å². The molecule has 0 spiro atoms. The maximum atomic E-state index is 12.0. The Balaban J connectivity index is 0.00000320. The summed E-state index contributed by atoms with van der Waals surface area (Å²) in [6, 6.07) is 4.21. The van der Waals surface area contributed by atoms with Crippen LogP contribution in [0.2, 0.25) is 0 Å². The Morgan fingerprint density at radius 2 is 2.00 bits per heavy atom. The number of hydrogen-bond acceptors (Lipinski definition) is 5. The van der Waals surface area contributed by atoms with E-state index in [1.807, 2.05) is 12.3 Å². The van der Waals surface area contributed by atoms with E-state index in [0.717, 1.165) is 43.5 Å². The second-order valence-electron chi connectivity index (χ2n) is 8.11. The van der Waals surface area contributed by atoms with Crippen molar-refractivity contribution in [3.8, 4) is 0 Å². The van der Waals surface area contributed by atoms with Crippen LogP contribution in [0.15, 0.2) is 23.3 Å². The number of guanidine groups is 1. The van der Waals surface area contributed by atoms with Crippen LogP contribution in [0.4, 0.5) is 5.82 Å². The number of methoxy groups -OCH3 is 1. The number of anilines is 1. The van der Waals surface area contributed by atoms with Gasteiger partial charge in [-0.3, -0.25) is 4.79 Å². The van der Waals surface area contributed by atoms with E-state index in [1.54, 1.807) is 0 Å². The predicted molar refractivity (Wildman–Crippen MR) is 131 cm³/mol. The quantitative estimate of drug-likeness (QED) is 0.273. The maximum Gasteiger partial charge on any atom is 0.310 e. The molecule has 1 N–H and O–H groups in total. The first-order valence-corrected chi connectivity index (χ1v) is 10.9. The van der Waals surface area contributed by atoms with E-state index < -0.39 is 0 Å². The molecule has 0 radical (unpaired) electrons. The maximum absolute atomic E-state index is 12.0. The van der Waals surface area contributed by atoms with Gasteiger partial charge in [0.15, 0.2) is 5.96 Å². The monoisotopic (exact) mass is 529 g/mol. The summed E-state index contributed by atoms with van der Waals surface area (Å²) in [6.45, 7) is 9.18. The third-order valence-electron chi connectivity index (χ3n) is 5.90. The molecule has 2 fully saturated rings. The van der Waals surface area contributed by atoms with Gasteiger partial charge in [0.25, 0.3) is 0 Å². The third kappa shape index (κ3) is 6.46. The Morgan fingerprint density at radius 1 is 1.27 bits per heavy atom. The molecule has 2 aliphatic heterocycles. The third-order valence-corrected chi connectivity index (χ3v) is 5.90. The summed E-state index contributed by atoms with van der Waals surface area (Å²) in [5, 5.41) is 3.38. The van der Waals surface area contributed by atoms with Gasteiger partial charge in [0.1, 0.15) is 5.82 Å². The van der Waals surface area contributed by atoms with Gasteiger partial charge in [-0.15, -0.1) is 24.0 Å². The molecule has 2 aliphatic rings. The fourth-order valence-electron chi connectivity index (χ4n) is 4.22. The molecule has 0 saturated carbocycles. The van der Waals surface area contributed by atoms with Gasteiger partial charge in [-0.2, -0.15) is 0 Å². The number of halogens is 1. The number of nitrogens with zero attached hydrogens (tertiary/aromatic N) is 4. The number of likely N-dealkylation sites (tertiary alicyclic amines) is 1. The van der Waals surface area contributed by atoms with Gasteiger partial charge >= 0.3 is 5.97 Å². The highest BCUT2D eigenvalue weighted by Gasteiger charge is 2.36. The molecule has 2 saturated heterocycles. The van der Waals surface area contributed by atoms with Gasteiger partial charge in [0.05, 0.1) is 19.6 Å². The van der Waals surface area contributed by atoms with Crippen molar-refractivity contribution in [3.05, 3.63) is 23.9 Å². The number of nitrogens with one attached hydrogen (secondary N) is 1. The molecule has 30 heavy (non-hydrogen) atoms. The standard InChI is InChI=1S/C22H35N5O2.HI/c1-4-23-22(27-15-17(2)19(16-27)21(28)29-3)25-14-18-9-10-24-20(13-18)26-11-7-5-6-8-12-26;/h9-10,13,17,19H,4-8,11-12,14-16H2,1-3H3,(H,23,25);1H. The first kappa shape index (κ1) is 24.7. The van der Waals surface area contributed by atoms with Gasteiger partial charge in [0, 0.05) is 38.9 Å². The van der Waals surface area contributed by atoms with Crippen LogP contribution in [0.5, 0.6) is 0 Å². The van der Waals surface area contributed by atoms with Crippen LogP contribution in [-0.2, 0) is 16.1 Å². The van der Waals surface area contributed by atoms with Crippen molar-refractivity contribution in [2.24, 2.45) is 16.8 Å². The second kappa shape index (κ2) is 12.3. The number of esters is 1. The molecule has 2 atom stereocenters. The Labute approximate surface area is 197 Å². The van der Waals surface area contributed by atoms with Crippen LogP contribution in [0.3, 0.4) is 0 Å². The molecule has 168 valence electrons. The SMILES string of the molecule is CCNC(=NCc1ccnc(N2CCCCCC2)c1)N1CC(C)C(C(=O)OC)C1.I. The molecule has 3 rings (SSSR count). The molecule has 8 heteroatoms. The van der Waals surface area contributed by atoms with E-state index in [9.17, 15) is 4.79 Å². The molecule has 0 aromatic carbocycles. The molecular weight excluding hydrogens is 493 g/mol. The number of aromatic nitrogens is 1.